The molecule has 9 heteroatoms. The van der Waals surface area contributed by atoms with Crippen LogP contribution in [-0.4, -0.2) is 51.9 Å². The lowest BCUT2D eigenvalue weighted by atomic mass is 10.2. The summed E-state index contributed by atoms with van der Waals surface area (Å²) in [5.41, 5.74) is 1.08. The fraction of sp³-hybridized carbons (Fsp3) is 0.278. The Morgan fingerprint density at radius 3 is 2.26 bits per heavy atom. The lowest BCUT2D eigenvalue weighted by Gasteiger charge is -2.35. The Labute approximate surface area is 157 Å². The van der Waals surface area contributed by atoms with Crippen LogP contribution >= 0.6 is 0 Å². The predicted molar refractivity (Wildman–Crippen MR) is 101 cm³/mol. The highest BCUT2D eigenvalue weighted by atomic mass is 32.2. The second-order valence-corrected chi connectivity index (χ2v) is 7.89. The molecule has 3 rings (SSSR count). The zero-order chi connectivity index (χ0) is 19.4. The van der Waals surface area contributed by atoms with Crippen LogP contribution in [0, 0.1) is 5.82 Å². The van der Waals surface area contributed by atoms with Gasteiger partial charge in [0.15, 0.2) is 0 Å². The van der Waals surface area contributed by atoms with Gasteiger partial charge >= 0.3 is 0 Å². The largest absolute Gasteiger partial charge is 0.367 e. The molecule has 27 heavy (non-hydrogen) atoms. The standard InChI is InChI=1S/C18H21FN4O3S/c19-16-3-1-2-4-17(16)23-11-9-22(10-12-23)13-18(24)21-14-5-7-15(8-6-14)27(20,25)26/h1-8H,9-13H2,(H,21,24)(H2,20,25,26). The molecular weight excluding hydrogens is 371 g/mol. The first-order valence-corrected chi connectivity index (χ1v) is 10.0. The van der Waals surface area contributed by atoms with Crippen molar-refractivity contribution in [1.29, 1.82) is 0 Å². The number of sulfonamides is 1. The minimum Gasteiger partial charge on any atom is -0.367 e. The van der Waals surface area contributed by atoms with Crippen LogP contribution in [0.2, 0.25) is 0 Å². The Morgan fingerprint density at radius 2 is 1.67 bits per heavy atom. The van der Waals surface area contributed by atoms with Crippen LogP contribution in [0.5, 0.6) is 0 Å². The van der Waals surface area contributed by atoms with E-state index in [1.54, 1.807) is 18.2 Å². The molecule has 2 aromatic rings. The van der Waals surface area contributed by atoms with Crippen molar-refractivity contribution in [3.63, 3.8) is 0 Å². The highest BCUT2D eigenvalue weighted by Crippen LogP contribution is 2.20. The van der Waals surface area contributed by atoms with Crippen molar-refractivity contribution in [3.05, 3.63) is 54.3 Å². The number of piperazine rings is 1. The van der Waals surface area contributed by atoms with Crippen molar-refractivity contribution in [1.82, 2.24) is 4.90 Å². The summed E-state index contributed by atoms with van der Waals surface area (Å²) in [4.78, 5) is 16.1. The summed E-state index contributed by atoms with van der Waals surface area (Å²) < 4.78 is 36.3. The van der Waals surface area contributed by atoms with Gasteiger partial charge in [0, 0.05) is 31.9 Å². The first kappa shape index (κ1) is 19.3. The molecule has 1 aliphatic rings. The number of carbonyl (C=O) groups excluding carboxylic acids is 1. The summed E-state index contributed by atoms with van der Waals surface area (Å²) in [5.74, 6) is -0.440. The summed E-state index contributed by atoms with van der Waals surface area (Å²) in [5, 5.41) is 7.78. The van der Waals surface area contributed by atoms with Crippen LogP contribution in [0.15, 0.2) is 53.4 Å². The molecule has 0 saturated carbocycles. The van der Waals surface area contributed by atoms with Gasteiger partial charge in [0.2, 0.25) is 15.9 Å². The number of nitrogens with zero attached hydrogens (tertiary/aromatic N) is 2. The maximum atomic E-state index is 13.9. The Bertz CT molecular complexity index is 910. The van der Waals surface area contributed by atoms with E-state index in [4.69, 9.17) is 5.14 Å². The molecule has 7 nitrogen and oxygen atoms in total. The summed E-state index contributed by atoms with van der Waals surface area (Å²) >= 11 is 0. The third kappa shape index (κ3) is 5.03. The quantitative estimate of drug-likeness (QED) is 0.798. The molecule has 0 unspecified atom stereocenters. The second kappa shape index (κ2) is 8.03. The van der Waals surface area contributed by atoms with Crippen LogP contribution in [0.1, 0.15) is 0 Å². The molecule has 1 heterocycles. The van der Waals surface area contributed by atoms with Crippen LogP contribution in [-0.2, 0) is 14.8 Å². The van der Waals surface area contributed by atoms with E-state index in [1.807, 2.05) is 9.80 Å². The molecule has 0 spiro atoms. The average Bonchev–Trinajstić information content (AvgIpc) is 2.62. The van der Waals surface area contributed by atoms with Gasteiger partial charge in [0.1, 0.15) is 5.82 Å². The van der Waals surface area contributed by atoms with Crippen molar-refractivity contribution in [2.24, 2.45) is 5.14 Å². The summed E-state index contributed by atoms with van der Waals surface area (Å²) in [6, 6.07) is 12.3. The first-order valence-electron chi connectivity index (χ1n) is 8.47. The lowest BCUT2D eigenvalue weighted by molar-refractivity contribution is -0.117. The average molecular weight is 392 g/mol. The number of anilines is 2. The van der Waals surface area contributed by atoms with Crippen molar-refractivity contribution in [3.8, 4) is 0 Å². The maximum absolute atomic E-state index is 13.9. The normalized spacial score (nSPS) is 15.6. The van der Waals surface area contributed by atoms with Gasteiger partial charge < -0.3 is 10.2 Å². The third-order valence-corrected chi connectivity index (χ3v) is 5.33. The number of hydrogen-bond donors (Lipinski definition) is 2. The van der Waals surface area contributed by atoms with E-state index in [0.717, 1.165) is 0 Å². The molecular formula is C18H21FN4O3S. The van der Waals surface area contributed by atoms with Crippen LogP contribution in [0.25, 0.3) is 0 Å². The van der Waals surface area contributed by atoms with Gasteiger partial charge in [0.05, 0.1) is 17.1 Å². The SMILES string of the molecule is NS(=O)(=O)c1ccc(NC(=O)CN2CCN(c3ccccc3F)CC2)cc1. The Hall–Kier alpha value is -2.49. The van der Waals surface area contributed by atoms with E-state index in [0.29, 0.717) is 37.6 Å². The molecule has 2 aromatic carbocycles. The van der Waals surface area contributed by atoms with E-state index >= 15 is 0 Å². The number of amides is 1. The van der Waals surface area contributed by atoms with Crippen molar-refractivity contribution >= 4 is 27.3 Å². The van der Waals surface area contributed by atoms with Gasteiger partial charge in [-0.15, -0.1) is 0 Å². The van der Waals surface area contributed by atoms with Crippen LogP contribution < -0.4 is 15.4 Å². The number of benzene rings is 2. The monoisotopic (exact) mass is 392 g/mol. The molecule has 0 aliphatic carbocycles. The van der Waals surface area contributed by atoms with Gasteiger partial charge in [-0.2, -0.15) is 0 Å². The maximum Gasteiger partial charge on any atom is 0.238 e. The lowest BCUT2D eigenvalue weighted by Crippen LogP contribution is -2.48. The molecule has 1 amide bonds. The number of nitrogens with one attached hydrogen (secondary N) is 1. The second-order valence-electron chi connectivity index (χ2n) is 6.33. The molecule has 0 radical (unpaired) electrons. The minimum atomic E-state index is -3.75. The van der Waals surface area contributed by atoms with E-state index in [9.17, 15) is 17.6 Å². The fourth-order valence-electron chi connectivity index (χ4n) is 2.99. The number of halogens is 1. The fourth-order valence-corrected chi connectivity index (χ4v) is 3.50. The highest BCUT2D eigenvalue weighted by Gasteiger charge is 2.21. The molecule has 0 aromatic heterocycles. The van der Waals surface area contributed by atoms with Gasteiger partial charge in [-0.1, -0.05) is 12.1 Å². The molecule has 1 fully saturated rings. The van der Waals surface area contributed by atoms with E-state index in [-0.39, 0.29) is 23.2 Å². The van der Waals surface area contributed by atoms with E-state index in [2.05, 4.69) is 5.32 Å². The first-order chi connectivity index (χ1) is 12.8. The summed E-state index contributed by atoms with van der Waals surface area (Å²) in [6.07, 6.45) is 0. The number of nitrogens with two attached hydrogens (primary N) is 1. The van der Waals surface area contributed by atoms with E-state index in [1.165, 1.54) is 30.3 Å². The highest BCUT2D eigenvalue weighted by molar-refractivity contribution is 7.89. The molecule has 1 aliphatic heterocycles. The number of para-hydroxylation sites is 1. The van der Waals surface area contributed by atoms with Crippen LogP contribution in [0.3, 0.4) is 0 Å². The smallest absolute Gasteiger partial charge is 0.238 e. The third-order valence-electron chi connectivity index (χ3n) is 4.40. The molecule has 0 atom stereocenters. The summed E-state index contributed by atoms with van der Waals surface area (Å²) in [7, 11) is -3.75. The zero-order valence-corrected chi connectivity index (χ0v) is 15.5. The van der Waals surface area contributed by atoms with Gasteiger partial charge in [0.25, 0.3) is 0 Å². The van der Waals surface area contributed by atoms with Gasteiger partial charge in [-0.25, -0.2) is 17.9 Å². The van der Waals surface area contributed by atoms with Gasteiger partial charge in [-0.05, 0) is 36.4 Å². The predicted octanol–water partition coefficient (Wildman–Crippen LogP) is 1.23. The number of rotatable bonds is 5. The van der Waals surface area contributed by atoms with E-state index < -0.39 is 10.0 Å². The topological polar surface area (TPSA) is 95.7 Å². The van der Waals surface area contributed by atoms with Crippen molar-refractivity contribution in [2.75, 3.05) is 42.9 Å². The Balaban J connectivity index is 1.50. The van der Waals surface area contributed by atoms with Gasteiger partial charge in [-0.3, -0.25) is 9.69 Å². The van der Waals surface area contributed by atoms with Crippen molar-refractivity contribution in [2.45, 2.75) is 4.90 Å². The van der Waals surface area contributed by atoms with Crippen molar-refractivity contribution < 1.29 is 17.6 Å². The van der Waals surface area contributed by atoms with Crippen LogP contribution in [0.4, 0.5) is 15.8 Å². The minimum absolute atomic E-state index is 0.00948. The Kier molecular flexibility index (Phi) is 5.73. The number of carbonyl (C=O) groups is 1. The molecule has 0 bridgehead atoms. The Morgan fingerprint density at radius 1 is 1.04 bits per heavy atom. The number of hydrogen-bond acceptors (Lipinski definition) is 5. The number of primary sulfonamides is 1. The molecule has 3 N–H and O–H groups in total. The summed E-state index contributed by atoms with van der Waals surface area (Å²) in [6.45, 7) is 2.77. The zero-order valence-electron chi connectivity index (χ0n) is 14.6. The molecule has 144 valence electrons. The molecule has 1 saturated heterocycles.